The molecule has 0 N–H and O–H groups in total. The van der Waals surface area contributed by atoms with E-state index in [1.165, 1.54) is 23.9 Å². The lowest BCUT2D eigenvalue weighted by Gasteiger charge is -2.17. The van der Waals surface area contributed by atoms with Gasteiger partial charge in [0.1, 0.15) is 16.5 Å². The highest BCUT2D eigenvalue weighted by molar-refractivity contribution is 8.00. The number of hydrogen-bond acceptors (Lipinski definition) is 5. The van der Waals surface area contributed by atoms with Gasteiger partial charge in [0.05, 0.1) is 18.4 Å². The molecule has 2 heterocycles. The van der Waals surface area contributed by atoms with Crippen molar-refractivity contribution in [2.24, 2.45) is 0 Å². The maximum atomic E-state index is 13.4. The Labute approximate surface area is 197 Å². The van der Waals surface area contributed by atoms with Crippen LogP contribution in [0.5, 0.6) is 0 Å². The lowest BCUT2D eigenvalue weighted by molar-refractivity contribution is 0.102. The molecule has 0 amide bonds. The van der Waals surface area contributed by atoms with Crippen molar-refractivity contribution in [1.82, 2.24) is 14.8 Å². The molecule has 0 aliphatic rings. The fourth-order valence-corrected chi connectivity index (χ4v) is 5.13. The van der Waals surface area contributed by atoms with Crippen LogP contribution in [0.15, 0.2) is 59.6 Å². The summed E-state index contributed by atoms with van der Waals surface area (Å²) in [5.74, 6) is 0.0208. The number of benzene rings is 2. The second-order valence-electron chi connectivity index (χ2n) is 8.08. The zero-order valence-corrected chi connectivity index (χ0v) is 19.9. The Bertz CT molecular complexity index is 1300. The molecule has 1 atom stereocenters. The molecule has 2 aromatic carbocycles. The average molecular weight is 464 g/mol. The minimum Gasteiger partial charge on any atom is -0.383 e. The van der Waals surface area contributed by atoms with Crippen molar-refractivity contribution in [3.05, 3.63) is 77.4 Å². The van der Waals surface area contributed by atoms with Gasteiger partial charge in [-0.05, 0) is 51.1 Å². The fraction of sp³-hybridized carbons (Fsp3) is 0.269. The number of carbonyl (C=O) groups is 1. The standard InChI is InChI=1S/C26H26FN3O2S/c1-16-13-23(18(3)30(16)17(2)14-32-4)24(31)15-33-26-22-8-6-5-7-21(22)25(28-29-26)19-9-11-20(27)12-10-19/h5-13,17H,14-15H2,1-4H3. The second-order valence-corrected chi connectivity index (χ2v) is 9.04. The molecule has 5 nitrogen and oxygen atoms in total. The van der Waals surface area contributed by atoms with E-state index in [2.05, 4.69) is 21.7 Å². The third-order valence-corrected chi connectivity index (χ3v) is 6.73. The molecule has 0 fully saturated rings. The highest BCUT2D eigenvalue weighted by Crippen LogP contribution is 2.32. The third kappa shape index (κ3) is 4.70. The topological polar surface area (TPSA) is 57.0 Å². The third-order valence-electron chi connectivity index (χ3n) is 5.74. The van der Waals surface area contributed by atoms with Crippen LogP contribution < -0.4 is 0 Å². The summed E-state index contributed by atoms with van der Waals surface area (Å²) in [6.07, 6.45) is 0. The highest BCUT2D eigenvalue weighted by atomic mass is 32.2. The Morgan fingerprint density at radius 2 is 1.79 bits per heavy atom. The molecule has 0 radical (unpaired) electrons. The van der Waals surface area contributed by atoms with Gasteiger partial charge in [0.2, 0.25) is 0 Å². The summed E-state index contributed by atoms with van der Waals surface area (Å²) in [7, 11) is 1.68. The van der Waals surface area contributed by atoms with Crippen molar-refractivity contribution >= 4 is 28.3 Å². The van der Waals surface area contributed by atoms with Crippen LogP contribution in [0.3, 0.4) is 0 Å². The van der Waals surface area contributed by atoms with E-state index in [1.807, 2.05) is 44.2 Å². The van der Waals surface area contributed by atoms with Crippen LogP contribution in [-0.2, 0) is 4.74 Å². The number of hydrogen-bond donors (Lipinski definition) is 0. The van der Waals surface area contributed by atoms with Gasteiger partial charge in [0.25, 0.3) is 0 Å². The van der Waals surface area contributed by atoms with Crippen LogP contribution in [0.2, 0.25) is 0 Å². The van der Waals surface area contributed by atoms with E-state index in [-0.39, 0.29) is 23.4 Å². The van der Waals surface area contributed by atoms with Crippen LogP contribution in [0.25, 0.3) is 22.0 Å². The number of Topliss-reactive ketones (excluding diaryl/α,β-unsaturated/α-hetero) is 1. The molecule has 4 aromatic rings. The molecule has 170 valence electrons. The molecule has 4 rings (SSSR count). The van der Waals surface area contributed by atoms with E-state index in [0.717, 1.165) is 33.3 Å². The summed E-state index contributed by atoms with van der Waals surface area (Å²) < 4.78 is 20.8. The first-order valence-electron chi connectivity index (χ1n) is 10.8. The van der Waals surface area contributed by atoms with Crippen LogP contribution >= 0.6 is 11.8 Å². The van der Waals surface area contributed by atoms with E-state index in [1.54, 1.807) is 19.2 Å². The number of rotatable bonds is 8. The molecule has 33 heavy (non-hydrogen) atoms. The number of methoxy groups -OCH3 is 1. The minimum atomic E-state index is -0.294. The number of aromatic nitrogens is 3. The number of aryl methyl sites for hydroxylation is 1. The van der Waals surface area contributed by atoms with Crippen molar-refractivity contribution in [2.75, 3.05) is 19.5 Å². The van der Waals surface area contributed by atoms with Gasteiger partial charge >= 0.3 is 0 Å². The smallest absolute Gasteiger partial charge is 0.174 e. The average Bonchev–Trinajstić information content (AvgIpc) is 3.12. The first-order valence-corrected chi connectivity index (χ1v) is 11.7. The Hall–Kier alpha value is -3.03. The van der Waals surface area contributed by atoms with Crippen molar-refractivity contribution in [1.29, 1.82) is 0 Å². The number of halogens is 1. The molecule has 0 aliphatic heterocycles. The number of ether oxygens (including phenoxy) is 1. The molecule has 0 aliphatic carbocycles. The molecule has 0 bridgehead atoms. The van der Waals surface area contributed by atoms with Gasteiger partial charge in [-0.25, -0.2) is 4.39 Å². The van der Waals surface area contributed by atoms with E-state index in [0.29, 0.717) is 17.3 Å². The minimum absolute atomic E-state index is 0.0532. The molecule has 7 heteroatoms. The summed E-state index contributed by atoms with van der Waals surface area (Å²) >= 11 is 1.38. The van der Waals surface area contributed by atoms with Crippen molar-refractivity contribution in [2.45, 2.75) is 31.8 Å². The van der Waals surface area contributed by atoms with Gasteiger partial charge in [-0.1, -0.05) is 36.0 Å². The van der Waals surface area contributed by atoms with E-state index < -0.39 is 0 Å². The molecular formula is C26H26FN3O2S. The number of thioether (sulfide) groups is 1. The van der Waals surface area contributed by atoms with Gasteiger partial charge in [-0.2, -0.15) is 0 Å². The van der Waals surface area contributed by atoms with Crippen molar-refractivity contribution < 1.29 is 13.9 Å². The van der Waals surface area contributed by atoms with Gasteiger partial charge in [-0.3, -0.25) is 4.79 Å². The molecule has 0 saturated carbocycles. The second kappa shape index (κ2) is 9.85. The Morgan fingerprint density at radius 1 is 1.09 bits per heavy atom. The van der Waals surface area contributed by atoms with E-state index in [9.17, 15) is 9.18 Å². The van der Waals surface area contributed by atoms with Gasteiger partial charge in [0.15, 0.2) is 5.78 Å². The predicted molar refractivity (Wildman–Crippen MR) is 130 cm³/mol. The summed E-state index contributed by atoms with van der Waals surface area (Å²) in [5, 5.41) is 11.4. The monoisotopic (exact) mass is 463 g/mol. The van der Waals surface area contributed by atoms with Crippen molar-refractivity contribution in [3.63, 3.8) is 0 Å². The predicted octanol–water partition coefficient (Wildman–Crippen LogP) is 6.04. The summed E-state index contributed by atoms with van der Waals surface area (Å²) in [4.78, 5) is 13.1. The van der Waals surface area contributed by atoms with Crippen molar-refractivity contribution in [3.8, 4) is 11.3 Å². The zero-order valence-electron chi connectivity index (χ0n) is 19.1. The van der Waals surface area contributed by atoms with Crippen LogP contribution in [0, 0.1) is 19.7 Å². The summed E-state index contributed by atoms with van der Waals surface area (Å²) in [6.45, 7) is 6.65. The normalized spacial score (nSPS) is 12.3. The largest absolute Gasteiger partial charge is 0.383 e. The van der Waals surface area contributed by atoms with E-state index in [4.69, 9.17) is 4.74 Å². The quantitative estimate of drug-likeness (QED) is 0.236. The Balaban J connectivity index is 1.60. The molecule has 1 unspecified atom stereocenters. The van der Waals surface area contributed by atoms with Crippen LogP contribution in [0.4, 0.5) is 4.39 Å². The van der Waals surface area contributed by atoms with Gasteiger partial charge in [-0.15, -0.1) is 10.2 Å². The van der Waals surface area contributed by atoms with Gasteiger partial charge in [0, 0.05) is 40.4 Å². The van der Waals surface area contributed by atoms with Crippen LogP contribution in [0.1, 0.15) is 34.7 Å². The Morgan fingerprint density at radius 3 is 2.48 bits per heavy atom. The fourth-order valence-electron chi connectivity index (χ4n) is 4.27. The molecule has 0 saturated heterocycles. The van der Waals surface area contributed by atoms with Gasteiger partial charge < -0.3 is 9.30 Å². The first kappa shape index (κ1) is 23.1. The molecule has 0 spiro atoms. The van der Waals surface area contributed by atoms with Crippen LogP contribution in [-0.4, -0.2) is 40.0 Å². The number of nitrogens with zero attached hydrogens (tertiary/aromatic N) is 3. The summed E-state index contributed by atoms with van der Waals surface area (Å²) in [5.41, 5.74) is 4.20. The highest BCUT2D eigenvalue weighted by Gasteiger charge is 2.20. The maximum Gasteiger partial charge on any atom is 0.174 e. The van der Waals surface area contributed by atoms with E-state index >= 15 is 0 Å². The number of ketones is 1. The molecule has 2 aromatic heterocycles. The first-order chi connectivity index (χ1) is 15.9. The number of fused-ring (bicyclic) bond motifs is 1. The lowest BCUT2D eigenvalue weighted by atomic mass is 10.1. The maximum absolute atomic E-state index is 13.4. The summed E-state index contributed by atoms with van der Waals surface area (Å²) in [6, 6.07) is 16.1. The molecular weight excluding hydrogens is 437 g/mol. The number of carbonyl (C=O) groups excluding carboxylic acids is 1. The Kier molecular flexibility index (Phi) is 6.91. The SMILES string of the molecule is COCC(C)n1c(C)cc(C(=O)CSc2nnc(-c3ccc(F)cc3)c3ccccc23)c1C. The lowest BCUT2D eigenvalue weighted by Crippen LogP contribution is -2.14. The zero-order chi connectivity index (χ0) is 23.5.